The summed E-state index contributed by atoms with van der Waals surface area (Å²) in [6.07, 6.45) is 0. The topological polar surface area (TPSA) is 51.8 Å². The molecule has 0 atom stereocenters. The fourth-order valence-corrected chi connectivity index (χ4v) is 8.19. The molecule has 5 heteroatoms. The summed E-state index contributed by atoms with van der Waals surface area (Å²) in [5.74, 6) is 1.27. The Hall–Kier alpha value is -6.69. The fraction of sp³-hybridized carbons (Fsp3) is 0. The number of thiophene rings is 1. The molecule has 0 radical (unpaired) electrons. The molecule has 0 bridgehead atoms. The fourth-order valence-electron chi connectivity index (χ4n) is 7.03. The molecule has 0 spiro atoms. The zero-order valence-electron chi connectivity index (χ0n) is 27.9. The van der Waals surface area contributed by atoms with Gasteiger partial charge in [0.1, 0.15) is 5.52 Å². The van der Waals surface area contributed by atoms with Crippen molar-refractivity contribution in [2.75, 3.05) is 0 Å². The average molecular weight is 684 g/mol. The van der Waals surface area contributed by atoms with E-state index in [4.69, 9.17) is 19.4 Å². The third-order valence-electron chi connectivity index (χ3n) is 9.57. The number of oxazole rings is 1. The minimum Gasteiger partial charge on any atom is -0.436 e. The second-order valence-corrected chi connectivity index (χ2v) is 13.9. The first kappa shape index (κ1) is 30.2. The summed E-state index contributed by atoms with van der Waals surface area (Å²) in [4.78, 5) is 15.5. The molecule has 0 N–H and O–H groups in total. The minimum atomic E-state index is 0.605. The lowest BCUT2D eigenvalue weighted by Crippen LogP contribution is -1.97. The number of aromatic nitrogens is 3. The lowest BCUT2D eigenvalue weighted by molar-refractivity contribution is 0.620. The largest absolute Gasteiger partial charge is 0.436 e. The Morgan fingerprint density at radius 1 is 0.385 bits per heavy atom. The molecule has 3 heterocycles. The first-order chi connectivity index (χ1) is 25.7. The highest BCUT2D eigenvalue weighted by Crippen LogP contribution is 2.44. The molecule has 3 aromatic heterocycles. The Labute approximate surface area is 304 Å². The smallest absolute Gasteiger partial charge is 0.227 e. The number of rotatable bonds is 6. The number of hydrogen-bond acceptors (Lipinski definition) is 5. The molecule has 0 aliphatic carbocycles. The molecule has 0 aliphatic heterocycles. The maximum Gasteiger partial charge on any atom is 0.227 e. The van der Waals surface area contributed by atoms with E-state index in [0.29, 0.717) is 11.7 Å². The molecule has 244 valence electrons. The highest BCUT2D eigenvalue weighted by atomic mass is 32.1. The van der Waals surface area contributed by atoms with Crippen molar-refractivity contribution in [1.82, 2.24) is 15.0 Å². The van der Waals surface area contributed by atoms with Crippen molar-refractivity contribution in [1.29, 1.82) is 0 Å². The van der Waals surface area contributed by atoms with Crippen LogP contribution in [0.2, 0.25) is 0 Å². The van der Waals surface area contributed by atoms with E-state index >= 15 is 0 Å². The molecule has 10 aromatic rings. The van der Waals surface area contributed by atoms with Crippen molar-refractivity contribution < 1.29 is 4.42 Å². The van der Waals surface area contributed by atoms with E-state index < -0.39 is 0 Å². The van der Waals surface area contributed by atoms with Gasteiger partial charge in [0, 0.05) is 42.4 Å². The molecule has 0 fully saturated rings. The number of para-hydroxylation sites is 2. The Bertz CT molecular complexity index is 2860. The van der Waals surface area contributed by atoms with Gasteiger partial charge in [0.05, 0.1) is 11.4 Å². The molecule has 4 nitrogen and oxygen atoms in total. The standard InChI is InChI=1S/C47H29N3OS/c1-3-12-30(13-4-1)32-24-26-33(27-25-32)39-29-40(35-17-9-16-34(28-35)31-14-5-2-6-15-31)49-46(48-39)36-18-10-22-42-44(36)45-37(19-11-23-43(45)52-42)47-50-38-20-7-8-21-41(38)51-47/h1-29H. The van der Waals surface area contributed by atoms with Crippen LogP contribution >= 0.6 is 11.3 Å². The minimum absolute atomic E-state index is 0.605. The lowest BCUT2D eigenvalue weighted by atomic mass is 9.99. The lowest BCUT2D eigenvalue weighted by Gasteiger charge is -2.12. The molecule has 0 amide bonds. The van der Waals surface area contributed by atoms with Gasteiger partial charge in [-0.2, -0.15) is 0 Å². The number of nitrogens with zero attached hydrogens (tertiary/aromatic N) is 3. The molecule has 0 saturated carbocycles. The van der Waals surface area contributed by atoms with Crippen LogP contribution in [0.15, 0.2) is 180 Å². The van der Waals surface area contributed by atoms with E-state index in [2.05, 4.69) is 140 Å². The van der Waals surface area contributed by atoms with Crippen LogP contribution in [0, 0.1) is 0 Å². The summed E-state index contributed by atoms with van der Waals surface area (Å²) < 4.78 is 8.65. The van der Waals surface area contributed by atoms with Gasteiger partial charge in [-0.05, 0) is 64.7 Å². The zero-order valence-corrected chi connectivity index (χ0v) is 28.7. The molecular formula is C47H29N3OS. The van der Waals surface area contributed by atoms with Gasteiger partial charge in [-0.1, -0.05) is 133 Å². The van der Waals surface area contributed by atoms with Gasteiger partial charge in [0.15, 0.2) is 11.4 Å². The van der Waals surface area contributed by atoms with E-state index in [-0.39, 0.29) is 0 Å². The van der Waals surface area contributed by atoms with Crippen molar-refractivity contribution in [2.24, 2.45) is 0 Å². The third-order valence-corrected chi connectivity index (χ3v) is 10.7. The molecule has 0 saturated heterocycles. The SMILES string of the molecule is c1ccc(-c2ccc(-c3cc(-c4cccc(-c5ccccc5)c4)nc(-c4cccc5sc6cccc(-c7nc8ccccc8o7)c6c45)n3)cc2)cc1. The van der Waals surface area contributed by atoms with Crippen LogP contribution in [0.5, 0.6) is 0 Å². The van der Waals surface area contributed by atoms with Gasteiger partial charge in [-0.15, -0.1) is 11.3 Å². The summed E-state index contributed by atoms with van der Waals surface area (Å²) in [6.45, 7) is 0. The van der Waals surface area contributed by atoms with E-state index in [0.717, 1.165) is 81.6 Å². The van der Waals surface area contributed by atoms with E-state index in [1.165, 1.54) is 5.56 Å². The van der Waals surface area contributed by atoms with Crippen LogP contribution in [0.1, 0.15) is 0 Å². The quantitative estimate of drug-likeness (QED) is 0.175. The second kappa shape index (κ2) is 12.6. The van der Waals surface area contributed by atoms with Crippen LogP contribution in [0.4, 0.5) is 0 Å². The maximum atomic E-state index is 6.33. The van der Waals surface area contributed by atoms with Crippen molar-refractivity contribution in [3.8, 4) is 67.6 Å². The van der Waals surface area contributed by atoms with E-state index in [1.54, 1.807) is 11.3 Å². The number of hydrogen-bond donors (Lipinski definition) is 0. The average Bonchev–Trinajstić information content (AvgIpc) is 3.84. The summed E-state index contributed by atoms with van der Waals surface area (Å²) >= 11 is 1.76. The second-order valence-electron chi connectivity index (χ2n) is 12.8. The van der Waals surface area contributed by atoms with Gasteiger partial charge in [0.25, 0.3) is 0 Å². The van der Waals surface area contributed by atoms with Crippen LogP contribution in [0.3, 0.4) is 0 Å². The molecule has 0 unspecified atom stereocenters. The zero-order chi connectivity index (χ0) is 34.4. The van der Waals surface area contributed by atoms with Crippen molar-refractivity contribution in [2.45, 2.75) is 0 Å². The summed E-state index contributed by atoms with van der Waals surface area (Å²) in [5.41, 5.74) is 12.0. The van der Waals surface area contributed by atoms with E-state index in [9.17, 15) is 0 Å². The molecule has 52 heavy (non-hydrogen) atoms. The van der Waals surface area contributed by atoms with Crippen LogP contribution in [0.25, 0.3) is 98.9 Å². The van der Waals surface area contributed by atoms with Gasteiger partial charge >= 0.3 is 0 Å². The maximum absolute atomic E-state index is 6.33. The van der Waals surface area contributed by atoms with Gasteiger partial charge in [-0.25, -0.2) is 15.0 Å². The first-order valence-electron chi connectivity index (χ1n) is 17.3. The van der Waals surface area contributed by atoms with Crippen molar-refractivity contribution in [3.63, 3.8) is 0 Å². The summed E-state index contributed by atoms with van der Waals surface area (Å²) in [7, 11) is 0. The summed E-state index contributed by atoms with van der Waals surface area (Å²) in [6, 6.07) is 61.0. The van der Waals surface area contributed by atoms with Crippen LogP contribution in [-0.2, 0) is 0 Å². The van der Waals surface area contributed by atoms with E-state index in [1.807, 2.05) is 36.4 Å². The number of fused-ring (bicyclic) bond motifs is 4. The predicted octanol–water partition coefficient (Wildman–Crippen LogP) is 13.0. The van der Waals surface area contributed by atoms with Gasteiger partial charge in [0.2, 0.25) is 5.89 Å². The predicted molar refractivity (Wildman–Crippen MR) is 215 cm³/mol. The Morgan fingerprint density at radius 2 is 0.923 bits per heavy atom. The van der Waals surface area contributed by atoms with Gasteiger partial charge < -0.3 is 4.42 Å². The van der Waals surface area contributed by atoms with Gasteiger partial charge in [-0.3, -0.25) is 0 Å². The molecule has 7 aromatic carbocycles. The Morgan fingerprint density at radius 3 is 1.65 bits per heavy atom. The Balaban J connectivity index is 1.19. The summed E-state index contributed by atoms with van der Waals surface area (Å²) in [5, 5.41) is 2.19. The molecule has 10 rings (SSSR count). The monoisotopic (exact) mass is 683 g/mol. The van der Waals surface area contributed by atoms with Crippen molar-refractivity contribution >= 4 is 42.6 Å². The Kier molecular flexibility index (Phi) is 7.29. The third kappa shape index (κ3) is 5.36. The van der Waals surface area contributed by atoms with Crippen molar-refractivity contribution in [3.05, 3.63) is 176 Å². The highest BCUT2D eigenvalue weighted by Gasteiger charge is 2.20. The number of benzene rings is 7. The normalized spacial score (nSPS) is 11.5. The molecule has 0 aliphatic rings. The first-order valence-corrected chi connectivity index (χ1v) is 18.1. The van der Waals surface area contributed by atoms with Crippen LogP contribution in [-0.4, -0.2) is 15.0 Å². The highest BCUT2D eigenvalue weighted by molar-refractivity contribution is 7.26. The molecular weight excluding hydrogens is 655 g/mol. The van der Waals surface area contributed by atoms with Crippen LogP contribution < -0.4 is 0 Å².